The van der Waals surface area contributed by atoms with Crippen LogP contribution < -0.4 is 11.1 Å². The largest absolute Gasteiger partial charge is 0.368 e. The first-order valence-corrected chi connectivity index (χ1v) is 10.3. The lowest BCUT2D eigenvalue weighted by Gasteiger charge is -2.39. The van der Waals surface area contributed by atoms with Crippen molar-refractivity contribution < 1.29 is 9.39 Å². The van der Waals surface area contributed by atoms with E-state index in [9.17, 15) is 4.79 Å². The third kappa shape index (κ3) is 3.39. The van der Waals surface area contributed by atoms with Gasteiger partial charge in [0.1, 0.15) is 18.8 Å². The highest BCUT2D eigenvalue weighted by Crippen LogP contribution is 2.36. The molecule has 2 aliphatic rings. The van der Waals surface area contributed by atoms with E-state index in [2.05, 4.69) is 49.2 Å². The van der Waals surface area contributed by atoms with Crippen molar-refractivity contribution in [3.63, 3.8) is 0 Å². The lowest BCUT2D eigenvalue weighted by molar-refractivity contribution is -0.900. The number of carbonyl (C=O) groups is 1. The number of nitrogen functional groups attached to an aromatic ring is 1. The molecule has 0 bridgehead atoms. The Hall–Kier alpha value is -3.06. The summed E-state index contributed by atoms with van der Waals surface area (Å²) in [5.41, 5.74) is 9.92. The maximum absolute atomic E-state index is 13.2. The highest BCUT2D eigenvalue weighted by molar-refractivity contribution is 5.96. The van der Waals surface area contributed by atoms with Crippen LogP contribution in [-0.2, 0) is 10.3 Å². The van der Waals surface area contributed by atoms with Gasteiger partial charge in [-0.15, -0.1) is 0 Å². The fraction of sp³-hybridized carbons (Fsp3) is 0.391. The average Bonchev–Trinajstić information content (AvgIpc) is 3.06. The number of allylic oxidation sites excluding steroid dienone is 1. The summed E-state index contributed by atoms with van der Waals surface area (Å²) in [4.78, 5) is 21.6. The number of benzene rings is 1. The second-order valence-corrected chi connectivity index (χ2v) is 8.92. The first-order chi connectivity index (χ1) is 14.1. The molecule has 3 heterocycles. The summed E-state index contributed by atoms with van der Waals surface area (Å²) in [5, 5.41) is 8.99. The van der Waals surface area contributed by atoms with Crippen LogP contribution in [0, 0.1) is 0 Å². The van der Waals surface area contributed by atoms with Gasteiger partial charge in [-0.1, -0.05) is 16.7 Å². The minimum absolute atomic E-state index is 0.0267. The van der Waals surface area contributed by atoms with E-state index in [1.165, 1.54) is 0 Å². The molecule has 2 unspecified atom stereocenters. The number of quaternary nitrogens is 1. The number of aromatic nitrogens is 2. The van der Waals surface area contributed by atoms with Crippen LogP contribution in [0.4, 0.5) is 5.95 Å². The van der Waals surface area contributed by atoms with Gasteiger partial charge in [0.25, 0.3) is 5.91 Å². The maximum atomic E-state index is 13.2. The standard InChI is InChI=1S/C23H28N6O/c1-14(2)29(9-8-16(4)28-29)13-19-15(3)11-23(5,27-21(19)30)18-6-7-20-17(10-18)12-25-22(24)26-20/h6-10,12,14H,11,13H2,1-5H3,(H2-,24,25,26,27,30)/p+1. The number of anilines is 1. The number of amides is 1. The Morgan fingerprint density at radius 2 is 2.07 bits per heavy atom. The number of hydrogen-bond acceptors (Lipinski definition) is 5. The van der Waals surface area contributed by atoms with E-state index in [-0.39, 0.29) is 17.9 Å². The first-order valence-electron chi connectivity index (χ1n) is 10.3. The predicted octanol–water partition coefficient (Wildman–Crippen LogP) is 3.39. The molecule has 2 aliphatic heterocycles. The van der Waals surface area contributed by atoms with Crippen molar-refractivity contribution in [2.24, 2.45) is 5.10 Å². The van der Waals surface area contributed by atoms with Crippen molar-refractivity contribution >= 4 is 28.5 Å². The van der Waals surface area contributed by atoms with Crippen molar-refractivity contribution in [2.45, 2.75) is 52.6 Å². The Morgan fingerprint density at radius 3 is 2.70 bits per heavy atom. The van der Waals surface area contributed by atoms with Gasteiger partial charge < -0.3 is 11.1 Å². The summed E-state index contributed by atoms with van der Waals surface area (Å²) < 4.78 is 0.428. The molecular formula is C23H29N6O+. The van der Waals surface area contributed by atoms with Gasteiger partial charge in [0, 0.05) is 17.7 Å². The first kappa shape index (κ1) is 20.2. The average molecular weight is 406 g/mol. The number of fused-ring (bicyclic) bond motifs is 1. The third-order valence-corrected chi connectivity index (χ3v) is 6.26. The Bertz CT molecular complexity index is 1130. The molecule has 0 saturated carbocycles. The van der Waals surface area contributed by atoms with Gasteiger partial charge in [-0.2, -0.15) is 4.59 Å². The molecule has 0 spiro atoms. The third-order valence-electron chi connectivity index (χ3n) is 6.26. The lowest BCUT2D eigenvalue weighted by atomic mass is 9.80. The number of nitrogens with one attached hydrogen (secondary N) is 1. The van der Waals surface area contributed by atoms with E-state index in [0.717, 1.165) is 39.7 Å². The van der Waals surface area contributed by atoms with Crippen LogP contribution in [0.5, 0.6) is 0 Å². The number of carbonyl (C=O) groups excluding carboxylic acids is 1. The molecule has 2 atom stereocenters. The summed E-state index contributed by atoms with van der Waals surface area (Å²) in [7, 11) is 0. The molecule has 30 heavy (non-hydrogen) atoms. The lowest BCUT2D eigenvalue weighted by Crippen LogP contribution is -2.52. The van der Waals surface area contributed by atoms with Crippen molar-refractivity contribution in [1.29, 1.82) is 0 Å². The second-order valence-electron chi connectivity index (χ2n) is 8.92. The van der Waals surface area contributed by atoms with Crippen molar-refractivity contribution in [3.05, 3.63) is 53.4 Å². The molecule has 0 fully saturated rings. The molecular weight excluding hydrogens is 376 g/mol. The summed E-state index contributed by atoms with van der Waals surface area (Å²) in [5.74, 6) is 0.230. The van der Waals surface area contributed by atoms with Gasteiger partial charge in [0.05, 0.1) is 22.3 Å². The number of nitrogens with zero attached hydrogens (tertiary/aromatic N) is 4. The maximum Gasteiger partial charge on any atom is 0.253 e. The summed E-state index contributed by atoms with van der Waals surface area (Å²) in [6.45, 7) is 11.0. The quantitative estimate of drug-likeness (QED) is 0.763. The van der Waals surface area contributed by atoms with Gasteiger partial charge in [-0.25, -0.2) is 9.97 Å². The van der Waals surface area contributed by atoms with Crippen LogP contribution in [0.15, 0.2) is 52.9 Å². The van der Waals surface area contributed by atoms with Crippen LogP contribution >= 0.6 is 0 Å². The molecule has 0 saturated heterocycles. The van der Waals surface area contributed by atoms with Crippen LogP contribution in [-0.4, -0.2) is 38.8 Å². The van der Waals surface area contributed by atoms with Gasteiger partial charge in [-0.05, 0) is 58.7 Å². The molecule has 4 rings (SSSR count). The molecule has 2 aromatic rings. The number of hydrogen-bond donors (Lipinski definition) is 2. The Balaban J connectivity index is 1.67. The molecule has 1 aromatic carbocycles. The fourth-order valence-corrected chi connectivity index (χ4v) is 4.38. The van der Waals surface area contributed by atoms with E-state index in [1.807, 2.05) is 31.2 Å². The Morgan fingerprint density at radius 1 is 1.30 bits per heavy atom. The SMILES string of the molecule is CC1=N[N+](CC2=C(C)CC(C)(c3ccc4nc(N)ncc4c3)NC2=O)(C(C)C)C=C1. The van der Waals surface area contributed by atoms with E-state index in [1.54, 1.807) is 6.20 Å². The molecule has 1 amide bonds. The molecule has 156 valence electrons. The molecule has 0 aliphatic carbocycles. The van der Waals surface area contributed by atoms with Gasteiger partial charge in [0.15, 0.2) is 0 Å². The minimum atomic E-state index is -0.497. The highest BCUT2D eigenvalue weighted by Gasteiger charge is 2.41. The minimum Gasteiger partial charge on any atom is -0.368 e. The second kappa shape index (κ2) is 7.02. The van der Waals surface area contributed by atoms with Gasteiger partial charge >= 0.3 is 0 Å². The molecule has 0 radical (unpaired) electrons. The summed E-state index contributed by atoms with van der Waals surface area (Å²) >= 11 is 0. The van der Waals surface area contributed by atoms with E-state index in [0.29, 0.717) is 11.1 Å². The topological polar surface area (TPSA) is 93.3 Å². The summed E-state index contributed by atoms with van der Waals surface area (Å²) in [6, 6.07) is 6.21. The molecule has 1 aromatic heterocycles. The van der Waals surface area contributed by atoms with Crippen LogP contribution in [0.3, 0.4) is 0 Å². The van der Waals surface area contributed by atoms with Crippen molar-refractivity contribution in [2.75, 3.05) is 12.3 Å². The number of rotatable bonds is 4. The Kier molecular flexibility index (Phi) is 4.73. The van der Waals surface area contributed by atoms with E-state index >= 15 is 0 Å². The van der Waals surface area contributed by atoms with Crippen molar-refractivity contribution in [3.8, 4) is 0 Å². The van der Waals surface area contributed by atoms with Crippen LogP contribution in [0.1, 0.15) is 46.6 Å². The monoisotopic (exact) mass is 405 g/mol. The molecule has 3 N–H and O–H groups in total. The van der Waals surface area contributed by atoms with Gasteiger partial charge in [0.2, 0.25) is 5.95 Å². The van der Waals surface area contributed by atoms with Crippen LogP contribution in [0.25, 0.3) is 10.9 Å². The van der Waals surface area contributed by atoms with Crippen LogP contribution in [0.2, 0.25) is 0 Å². The Labute approximate surface area is 177 Å². The highest BCUT2D eigenvalue weighted by atomic mass is 16.2. The molecule has 7 nitrogen and oxygen atoms in total. The van der Waals surface area contributed by atoms with Gasteiger partial charge in [-0.3, -0.25) is 4.79 Å². The normalized spacial score (nSPS) is 26.5. The molecule has 7 heteroatoms. The number of nitrogens with two attached hydrogens (primary N) is 1. The smallest absolute Gasteiger partial charge is 0.253 e. The zero-order valence-corrected chi connectivity index (χ0v) is 18.2. The zero-order chi connectivity index (χ0) is 21.7. The predicted molar refractivity (Wildman–Crippen MR) is 119 cm³/mol. The van der Waals surface area contributed by atoms with Crippen molar-refractivity contribution in [1.82, 2.24) is 15.3 Å². The van der Waals surface area contributed by atoms with E-state index in [4.69, 9.17) is 10.8 Å². The zero-order valence-electron chi connectivity index (χ0n) is 18.2. The van der Waals surface area contributed by atoms with E-state index < -0.39 is 5.54 Å². The summed E-state index contributed by atoms with van der Waals surface area (Å²) in [6.07, 6.45) is 6.58. The fourth-order valence-electron chi connectivity index (χ4n) is 4.38.